The number of rotatable bonds is 4. The molecule has 2 rings (SSSR count). The summed E-state index contributed by atoms with van der Waals surface area (Å²) < 4.78 is 0. The number of nitrogens with one attached hydrogen (secondary N) is 1. The Morgan fingerprint density at radius 3 is 3.00 bits per heavy atom. The molecule has 1 aliphatic rings. The summed E-state index contributed by atoms with van der Waals surface area (Å²) in [7, 11) is 0. The minimum atomic E-state index is 0.0825. The molecule has 0 saturated carbocycles. The summed E-state index contributed by atoms with van der Waals surface area (Å²) in [6.45, 7) is 7.16. The van der Waals surface area contributed by atoms with Crippen molar-refractivity contribution in [3.8, 4) is 6.07 Å². The predicted molar refractivity (Wildman–Crippen MR) is 76.0 cm³/mol. The highest BCUT2D eigenvalue weighted by Crippen LogP contribution is 2.32. The number of benzene rings is 1. The Morgan fingerprint density at radius 1 is 1.63 bits per heavy atom. The first-order valence-electron chi connectivity index (χ1n) is 6.40. The van der Waals surface area contributed by atoms with E-state index in [1.54, 1.807) is 17.0 Å². The molecule has 1 aliphatic heterocycles. The van der Waals surface area contributed by atoms with Crippen LogP contribution in [0.2, 0.25) is 0 Å². The molecule has 1 fully saturated rings. The molecule has 0 aliphatic carbocycles. The van der Waals surface area contributed by atoms with Gasteiger partial charge in [0.15, 0.2) is 0 Å². The molecule has 4 heteroatoms. The first-order valence-corrected chi connectivity index (χ1v) is 6.40. The van der Waals surface area contributed by atoms with E-state index in [2.05, 4.69) is 18.0 Å². The van der Waals surface area contributed by atoms with Gasteiger partial charge in [0.1, 0.15) is 0 Å². The lowest BCUT2D eigenvalue weighted by Crippen LogP contribution is -2.25. The summed E-state index contributed by atoms with van der Waals surface area (Å²) >= 11 is 0. The van der Waals surface area contributed by atoms with Crippen molar-refractivity contribution in [1.82, 2.24) is 0 Å². The monoisotopic (exact) mass is 255 g/mol. The van der Waals surface area contributed by atoms with Crippen LogP contribution in [0.25, 0.3) is 0 Å². The van der Waals surface area contributed by atoms with Gasteiger partial charge in [-0.2, -0.15) is 5.26 Å². The van der Waals surface area contributed by atoms with E-state index in [1.807, 2.05) is 19.1 Å². The Balaban J connectivity index is 2.39. The maximum atomic E-state index is 12.1. The highest BCUT2D eigenvalue weighted by Gasteiger charge is 2.30. The fourth-order valence-corrected chi connectivity index (χ4v) is 2.29. The lowest BCUT2D eigenvalue weighted by atomic mass is 10.1. The summed E-state index contributed by atoms with van der Waals surface area (Å²) in [5.41, 5.74) is 2.24. The molecule has 0 spiro atoms. The van der Waals surface area contributed by atoms with Crippen LogP contribution < -0.4 is 10.2 Å². The van der Waals surface area contributed by atoms with Crippen LogP contribution in [0.4, 0.5) is 11.4 Å². The van der Waals surface area contributed by atoms with Crippen molar-refractivity contribution in [3.63, 3.8) is 0 Å². The third-order valence-electron chi connectivity index (χ3n) is 3.27. The molecule has 0 radical (unpaired) electrons. The molecule has 1 N–H and O–H groups in total. The van der Waals surface area contributed by atoms with E-state index < -0.39 is 0 Å². The van der Waals surface area contributed by atoms with Crippen molar-refractivity contribution in [3.05, 3.63) is 36.4 Å². The van der Waals surface area contributed by atoms with E-state index in [0.29, 0.717) is 18.5 Å². The van der Waals surface area contributed by atoms with Crippen molar-refractivity contribution in [2.45, 2.75) is 13.3 Å². The number of nitrogens with zero attached hydrogens (tertiary/aromatic N) is 2. The number of anilines is 2. The van der Waals surface area contributed by atoms with Crippen LogP contribution in [-0.2, 0) is 4.79 Å². The van der Waals surface area contributed by atoms with Crippen LogP contribution in [-0.4, -0.2) is 19.0 Å². The largest absolute Gasteiger partial charge is 0.384 e. The smallest absolute Gasteiger partial charge is 0.227 e. The molecule has 98 valence electrons. The SMILES string of the molecule is C=CC1CC(=O)N(c2cc(C#N)ccc2NCC)C1. The maximum Gasteiger partial charge on any atom is 0.227 e. The Hall–Kier alpha value is -2.28. The van der Waals surface area contributed by atoms with E-state index in [0.717, 1.165) is 17.9 Å². The molecule has 1 amide bonds. The molecule has 1 aromatic carbocycles. The quantitative estimate of drug-likeness (QED) is 0.841. The average molecular weight is 255 g/mol. The van der Waals surface area contributed by atoms with Crippen molar-refractivity contribution in [1.29, 1.82) is 5.26 Å². The van der Waals surface area contributed by atoms with Gasteiger partial charge in [-0.25, -0.2) is 0 Å². The molecule has 1 saturated heterocycles. The number of carbonyl (C=O) groups excluding carboxylic acids is 1. The van der Waals surface area contributed by atoms with Crippen molar-refractivity contribution >= 4 is 17.3 Å². The van der Waals surface area contributed by atoms with Gasteiger partial charge in [-0.3, -0.25) is 4.79 Å². The first-order chi connectivity index (χ1) is 9.19. The number of amides is 1. The average Bonchev–Trinajstić information content (AvgIpc) is 2.81. The second kappa shape index (κ2) is 5.57. The number of hydrogen-bond acceptors (Lipinski definition) is 3. The van der Waals surface area contributed by atoms with Gasteiger partial charge in [0.05, 0.1) is 23.0 Å². The van der Waals surface area contributed by atoms with Crippen molar-refractivity contribution in [2.75, 3.05) is 23.3 Å². The topological polar surface area (TPSA) is 56.1 Å². The number of nitriles is 1. The summed E-state index contributed by atoms with van der Waals surface area (Å²) in [4.78, 5) is 13.8. The standard InChI is InChI=1S/C15H17N3O/c1-3-11-8-15(19)18(10-11)14-7-12(9-16)5-6-13(14)17-4-2/h3,5-7,11,17H,1,4,8,10H2,2H3. The molecular weight excluding hydrogens is 238 g/mol. The summed E-state index contributed by atoms with van der Waals surface area (Å²) in [5.74, 6) is 0.270. The Morgan fingerprint density at radius 2 is 2.42 bits per heavy atom. The van der Waals surface area contributed by atoms with Gasteiger partial charge >= 0.3 is 0 Å². The van der Waals surface area contributed by atoms with E-state index in [9.17, 15) is 4.79 Å². The normalized spacial score (nSPS) is 18.2. The molecule has 0 bridgehead atoms. The van der Waals surface area contributed by atoms with E-state index in [1.165, 1.54) is 0 Å². The third kappa shape index (κ3) is 2.60. The van der Waals surface area contributed by atoms with Crippen LogP contribution in [0, 0.1) is 17.2 Å². The Kier molecular flexibility index (Phi) is 3.86. The highest BCUT2D eigenvalue weighted by molar-refractivity contribution is 5.99. The summed E-state index contributed by atoms with van der Waals surface area (Å²) in [6, 6.07) is 7.49. The van der Waals surface area contributed by atoms with Gasteiger partial charge in [-0.15, -0.1) is 6.58 Å². The molecule has 1 aromatic rings. The molecular formula is C15H17N3O. The van der Waals surface area contributed by atoms with Gasteiger partial charge in [-0.1, -0.05) is 6.08 Å². The van der Waals surface area contributed by atoms with Crippen LogP contribution in [0.3, 0.4) is 0 Å². The fourth-order valence-electron chi connectivity index (χ4n) is 2.29. The molecule has 19 heavy (non-hydrogen) atoms. The Bertz CT molecular complexity index is 545. The lowest BCUT2D eigenvalue weighted by molar-refractivity contribution is -0.117. The molecule has 1 atom stereocenters. The van der Waals surface area contributed by atoms with Crippen molar-refractivity contribution in [2.24, 2.45) is 5.92 Å². The lowest BCUT2D eigenvalue weighted by Gasteiger charge is -2.21. The van der Waals surface area contributed by atoms with E-state index in [-0.39, 0.29) is 11.8 Å². The summed E-state index contributed by atoms with van der Waals surface area (Å²) in [6.07, 6.45) is 2.31. The highest BCUT2D eigenvalue weighted by atomic mass is 16.2. The van der Waals surface area contributed by atoms with Crippen LogP contribution in [0.1, 0.15) is 18.9 Å². The minimum Gasteiger partial charge on any atom is -0.384 e. The van der Waals surface area contributed by atoms with Crippen LogP contribution >= 0.6 is 0 Å². The van der Waals surface area contributed by atoms with Gasteiger partial charge in [-0.05, 0) is 25.1 Å². The second-order valence-electron chi connectivity index (χ2n) is 4.58. The second-order valence-corrected chi connectivity index (χ2v) is 4.58. The van der Waals surface area contributed by atoms with Gasteiger partial charge in [0.2, 0.25) is 5.91 Å². The molecule has 1 heterocycles. The van der Waals surface area contributed by atoms with Gasteiger partial charge in [0.25, 0.3) is 0 Å². The van der Waals surface area contributed by atoms with Gasteiger partial charge in [0, 0.05) is 25.4 Å². The zero-order valence-corrected chi connectivity index (χ0v) is 11.0. The number of hydrogen-bond donors (Lipinski definition) is 1. The number of carbonyl (C=O) groups is 1. The molecule has 4 nitrogen and oxygen atoms in total. The predicted octanol–water partition coefficient (Wildman–Crippen LogP) is 2.53. The molecule has 0 aromatic heterocycles. The fraction of sp³-hybridized carbons (Fsp3) is 0.333. The summed E-state index contributed by atoms with van der Waals surface area (Å²) in [5, 5.41) is 12.2. The first kappa shape index (κ1) is 13.2. The van der Waals surface area contributed by atoms with Gasteiger partial charge < -0.3 is 10.2 Å². The maximum absolute atomic E-state index is 12.1. The van der Waals surface area contributed by atoms with E-state index >= 15 is 0 Å². The van der Waals surface area contributed by atoms with Crippen molar-refractivity contribution < 1.29 is 4.79 Å². The van der Waals surface area contributed by atoms with Crippen LogP contribution in [0.5, 0.6) is 0 Å². The third-order valence-corrected chi connectivity index (χ3v) is 3.27. The minimum absolute atomic E-state index is 0.0825. The molecule has 1 unspecified atom stereocenters. The zero-order valence-electron chi connectivity index (χ0n) is 11.0. The zero-order chi connectivity index (χ0) is 13.8. The van der Waals surface area contributed by atoms with E-state index in [4.69, 9.17) is 5.26 Å². The Labute approximate surface area is 113 Å². The van der Waals surface area contributed by atoms with Crippen LogP contribution in [0.15, 0.2) is 30.9 Å².